The van der Waals surface area contributed by atoms with E-state index in [1.807, 2.05) is 42.5 Å². The van der Waals surface area contributed by atoms with Crippen LogP contribution in [0, 0.1) is 6.07 Å². The van der Waals surface area contributed by atoms with Gasteiger partial charge in [0.2, 0.25) is 5.89 Å². The van der Waals surface area contributed by atoms with E-state index in [1.165, 1.54) is 11.1 Å². The van der Waals surface area contributed by atoms with E-state index in [0.717, 1.165) is 23.1 Å². The summed E-state index contributed by atoms with van der Waals surface area (Å²) in [6, 6.07) is 30.7. The van der Waals surface area contributed by atoms with Gasteiger partial charge >= 0.3 is 0 Å². The average Bonchev–Trinajstić information content (AvgIpc) is 3.57. The van der Waals surface area contributed by atoms with Crippen LogP contribution in [0.15, 0.2) is 94.3 Å². The van der Waals surface area contributed by atoms with Crippen LogP contribution in [-0.2, 0) is 32.2 Å². The minimum absolute atomic E-state index is 0. The van der Waals surface area contributed by atoms with Gasteiger partial charge in [-0.25, -0.2) is 4.98 Å². The number of para-hydroxylation sites is 2. The van der Waals surface area contributed by atoms with E-state index in [-0.39, 0.29) is 39.0 Å². The molecule has 2 aliphatic rings. The van der Waals surface area contributed by atoms with Gasteiger partial charge in [0.25, 0.3) is 0 Å². The van der Waals surface area contributed by atoms with Gasteiger partial charge in [0.15, 0.2) is 0 Å². The van der Waals surface area contributed by atoms with Crippen LogP contribution in [0.4, 0.5) is 0 Å². The Labute approximate surface area is 216 Å². The van der Waals surface area contributed by atoms with Crippen molar-refractivity contribution in [2.45, 2.75) is 18.6 Å². The summed E-state index contributed by atoms with van der Waals surface area (Å²) in [5.74, 6) is 1.15. The van der Waals surface area contributed by atoms with Gasteiger partial charge in [-0.3, -0.25) is 4.99 Å². The van der Waals surface area contributed by atoms with E-state index >= 15 is 0 Å². The Balaban J connectivity index is 0.00000229. The van der Waals surface area contributed by atoms with Crippen LogP contribution in [0.25, 0.3) is 33.7 Å². The molecule has 7 rings (SSSR count). The van der Waals surface area contributed by atoms with Gasteiger partial charge in [0.1, 0.15) is 29.4 Å². The Morgan fingerprint density at radius 2 is 1.60 bits per heavy atom. The maximum atomic E-state index is 10.2. The second kappa shape index (κ2) is 8.51. The first-order valence-electron chi connectivity index (χ1n) is 11.3. The number of benzene rings is 4. The molecule has 35 heavy (non-hydrogen) atoms. The van der Waals surface area contributed by atoms with Crippen molar-refractivity contribution >= 4 is 17.0 Å². The zero-order valence-corrected chi connectivity index (χ0v) is 20.7. The van der Waals surface area contributed by atoms with Crippen molar-refractivity contribution in [3.63, 3.8) is 0 Å². The molecule has 1 N–H and O–H groups in total. The number of fused-ring (bicyclic) bond motifs is 4. The van der Waals surface area contributed by atoms with Crippen molar-refractivity contribution in [2.75, 3.05) is 0 Å². The predicted octanol–water partition coefficient (Wildman–Crippen LogP) is 6.11. The molecule has 2 atom stereocenters. The summed E-state index contributed by atoms with van der Waals surface area (Å²) in [6.07, 6.45) is 0.922. The second-order valence-electron chi connectivity index (χ2n) is 8.60. The number of hydrogen-bond acceptors (Lipinski definition) is 5. The zero-order valence-electron chi connectivity index (χ0n) is 18.4. The minimum Gasteiger partial charge on any atom is -0.507 e. The summed E-state index contributed by atoms with van der Waals surface area (Å²) in [7, 11) is 0. The summed E-state index contributed by atoms with van der Waals surface area (Å²) < 4.78 is 12.2. The Kier molecular flexibility index (Phi) is 5.30. The number of hydrogen-bond donors (Lipinski definition) is 1. The van der Waals surface area contributed by atoms with Crippen LogP contribution in [0.1, 0.15) is 22.7 Å². The second-order valence-corrected chi connectivity index (χ2v) is 8.60. The molecule has 0 spiro atoms. The first-order valence-corrected chi connectivity index (χ1v) is 11.3. The van der Waals surface area contributed by atoms with Crippen LogP contribution in [0.5, 0.6) is 5.75 Å². The number of rotatable bonds is 3. The minimum atomic E-state index is 0. The van der Waals surface area contributed by atoms with Crippen molar-refractivity contribution in [3.05, 3.63) is 108 Å². The number of phenolic OH excluding ortho intramolecular Hbond substituents is 1. The third-order valence-electron chi connectivity index (χ3n) is 6.54. The molecule has 1 aliphatic heterocycles. The molecule has 5 aromatic rings. The maximum absolute atomic E-state index is 10.2. The number of oxazole rings is 1. The number of aromatic hydroxyl groups is 1. The van der Waals surface area contributed by atoms with E-state index in [1.54, 1.807) is 18.2 Å². The average molecular weight is 639 g/mol. The fraction of sp³-hybridized carbons (Fsp3) is 0.103. The molecule has 2 heterocycles. The molecule has 6 heteroatoms. The monoisotopic (exact) mass is 638 g/mol. The standard InChI is InChI=1S/C29H19N2O3.Pt/c32-23-13-4-3-11-22(23)29-31-26-21(12-6-14-24(26)33-29)17-8-5-9-19(15-17)28-30-27-20-10-2-1-7-18(20)16-25(27)34-28;/h1-14,25,27,32H,16H2;/q-1;/t25-,27+;/m1./s1. The molecule has 0 fully saturated rings. The number of ether oxygens (including phenoxy) is 1. The van der Waals surface area contributed by atoms with Crippen LogP contribution in [0.2, 0.25) is 0 Å². The van der Waals surface area contributed by atoms with Gasteiger partial charge in [0.05, 0.1) is 11.1 Å². The molecular weight excluding hydrogens is 619 g/mol. The quantitative estimate of drug-likeness (QED) is 0.243. The van der Waals surface area contributed by atoms with Crippen molar-refractivity contribution in [1.29, 1.82) is 0 Å². The van der Waals surface area contributed by atoms with Crippen LogP contribution in [0.3, 0.4) is 0 Å². The SMILES string of the molecule is Oc1ccccc1-c1nc2c(-c3[c-]c(C4=N[C@H]5c6ccccc6C[C@H]5O4)ccc3)cccc2o1.[Pt]. The van der Waals surface area contributed by atoms with Crippen molar-refractivity contribution in [3.8, 4) is 28.3 Å². The number of aliphatic imine (C=N–C) groups is 1. The number of aromatic nitrogens is 1. The van der Waals surface area contributed by atoms with Crippen LogP contribution < -0.4 is 0 Å². The van der Waals surface area contributed by atoms with E-state index in [4.69, 9.17) is 19.1 Å². The Hall–Kier alpha value is -3.69. The number of phenols is 1. The number of nitrogens with zero attached hydrogens (tertiary/aromatic N) is 2. The Morgan fingerprint density at radius 1 is 0.829 bits per heavy atom. The molecule has 0 unspecified atom stereocenters. The molecular formula is C29H19N2O3Pt-. The Morgan fingerprint density at radius 3 is 2.51 bits per heavy atom. The van der Waals surface area contributed by atoms with E-state index in [2.05, 4.69) is 30.3 Å². The zero-order chi connectivity index (χ0) is 22.6. The topological polar surface area (TPSA) is 67.9 Å². The molecule has 0 radical (unpaired) electrons. The van der Waals surface area contributed by atoms with Gasteiger partial charge < -0.3 is 14.3 Å². The molecule has 0 amide bonds. The largest absolute Gasteiger partial charge is 0.507 e. The predicted molar refractivity (Wildman–Crippen MR) is 130 cm³/mol. The van der Waals surface area contributed by atoms with Gasteiger partial charge in [-0.15, -0.1) is 29.8 Å². The van der Waals surface area contributed by atoms with Crippen LogP contribution >= 0.6 is 0 Å². The molecule has 4 aromatic carbocycles. The molecule has 0 saturated heterocycles. The normalized spacial score (nSPS) is 17.9. The van der Waals surface area contributed by atoms with E-state index < -0.39 is 0 Å². The smallest absolute Gasteiger partial charge is 0.230 e. The summed E-state index contributed by atoms with van der Waals surface area (Å²) in [5.41, 5.74) is 7.09. The first kappa shape index (κ1) is 21.8. The molecule has 5 nitrogen and oxygen atoms in total. The van der Waals surface area contributed by atoms with Gasteiger partial charge in [0, 0.05) is 27.5 Å². The molecule has 1 aliphatic carbocycles. The van der Waals surface area contributed by atoms with Crippen molar-refractivity contribution in [1.82, 2.24) is 4.98 Å². The first-order chi connectivity index (χ1) is 16.7. The van der Waals surface area contributed by atoms with E-state index in [9.17, 15) is 5.11 Å². The van der Waals surface area contributed by atoms with E-state index in [0.29, 0.717) is 28.5 Å². The molecule has 0 saturated carbocycles. The van der Waals surface area contributed by atoms with Gasteiger partial charge in [-0.2, -0.15) is 0 Å². The summed E-state index contributed by atoms with van der Waals surface area (Å²) in [6.45, 7) is 0. The van der Waals surface area contributed by atoms with Crippen molar-refractivity contribution in [2.24, 2.45) is 4.99 Å². The third-order valence-corrected chi connectivity index (χ3v) is 6.54. The van der Waals surface area contributed by atoms with Gasteiger partial charge in [-0.1, -0.05) is 59.7 Å². The molecule has 1 aromatic heterocycles. The molecule has 174 valence electrons. The van der Waals surface area contributed by atoms with Crippen molar-refractivity contribution < 1.29 is 35.3 Å². The fourth-order valence-corrected chi connectivity index (χ4v) is 4.92. The molecule has 0 bridgehead atoms. The Bertz CT molecular complexity index is 1610. The maximum Gasteiger partial charge on any atom is 0.230 e. The summed E-state index contributed by atoms with van der Waals surface area (Å²) in [5, 5.41) is 10.2. The van der Waals surface area contributed by atoms with Gasteiger partial charge in [-0.05, 0) is 29.3 Å². The fourth-order valence-electron chi connectivity index (χ4n) is 4.92. The third kappa shape index (κ3) is 3.59. The van der Waals surface area contributed by atoms with Crippen LogP contribution in [-0.4, -0.2) is 22.1 Å². The summed E-state index contributed by atoms with van der Waals surface area (Å²) >= 11 is 0. The summed E-state index contributed by atoms with van der Waals surface area (Å²) in [4.78, 5) is 9.62.